The van der Waals surface area contributed by atoms with Gasteiger partial charge < -0.3 is 20.5 Å². The summed E-state index contributed by atoms with van der Waals surface area (Å²) in [6.45, 7) is 3.12. The fourth-order valence-electron chi connectivity index (χ4n) is 1.03. The zero-order valence-corrected chi connectivity index (χ0v) is 10.3. The molecule has 0 aromatic heterocycles. The van der Waals surface area contributed by atoms with Gasteiger partial charge in [-0.25, -0.2) is 4.79 Å². The molecule has 0 fully saturated rings. The fourth-order valence-corrected chi connectivity index (χ4v) is 1.03. The summed E-state index contributed by atoms with van der Waals surface area (Å²) < 4.78 is 9.47. The second-order valence-electron chi connectivity index (χ2n) is 3.93. The van der Waals surface area contributed by atoms with E-state index in [1.807, 2.05) is 0 Å². The second-order valence-corrected chi connectivity index (χ2v) is 3.93. The van der Waals surface area contributed by atoms with Gasteiger partial charge in [0.05, 0.1) is 13.7 Å². The lowest BCUT2D eigenvalue weighted by Gasteiger charge is -2.24. The van der Waals surface area contributed by atoms with E-state index < -0.39 is 23.5 Å². The van der Waals surface area contributed by atoms with E-state index in [1.165, 1.54) is 21.0 Å². The number of amides is 1. The van der Waals surface area contributed by atoms with Gasteiger partial charge in [-0.15, -0.1) is 6.42 Å². The lowest BCUT2D eigenvalue weighted by atomic mass is 10.1. The van der Waals surface area contributed by atoms with E-state index >= 15 is 0 Å². The van der Waals surface area contributed by atoms with Crippen LogP contribution in [0.2, 0.25) is 0 Å². The van der Waals surface area contributed by atoms with E-state index in [0.29, 0.717) is 0 Å². The van der Waals surface area contributed by atoms with Gasteiger partial charge in [0, 0.05) is 0 Å². The van der Waals surface area contributed by atoms with Crippen LogP contribution in [0.15, 0.2) is 0 Å². The number of carbonyl (C=O) groups is 2. The summed E-state index contributed by atoms with van der Waals surface area (Å²) in [6, 6.07) is -0.882. The molecule has 0 spiro atoms. The van der Waals surface area contributed by atoms with Crippen LogP contribution in [0.4, 0.5) is 0 Å². The minimum absolute atomic E-state index is 0.00666. The highest BCUT2D eigenvalue weighted by Gasteiger charge is 2.32. The van der Waals surface area contributed by atoms with Crippen LogP contribution in [0.3, 0.4) is 0 Å². The minimum atomic E-state index is -1.13. The zero-order chi connectivity index (χ0) is 13.5. The summed E-state index contributed by atoms with van der Waals surface area (Å²) in [5.74, 6) is 1.20. The molecule has 0 heterocycles. The summed E-state index contributed by atoms with van der Waals surface area (Å²) in [7, 11) is 1.24. The van der Waals surface area contributed by atoms with Crippen molar-refractivity contribution in [3.63, 3.8) is 0 Å². The molecule has 6 nitrogen and oxygen atoms in total. The Labute approximate surface area is 101 Å². The van der Waals surface area contributed by atoms with Gasteiger partial charge in [-0.1, -0.05) is 5.92 Å². The Morgan fingerprint density at radius 2 is 2.12 bits per heavy atom. The second kappa shape index (κ2) is 6.89. The minimum Gasteiger partial charge on any atom is -0.467 e. The van der Waals surface area contributed by atoms with E-state index in [-0.39, 0.29) is 13.2 Å². The average molecular weight is 242 g/mol. The topological polar surface area (TPSA) is 90.6 Å². The molecule has 0 rings (SSSR count). The number of methoxy groups -OCH3 is 1. The van der Waals surface area contributed by atoms with Gasteiger partial charge in [0.2, 0.25) is 5.91 Å². The molecule has 0 saturated carbocycles. The Bertz CT molecular complexity index is 320. The fraction of sp³-hybridized carbons (Fsp3) is 0.636. The molecule has 0 aromatic rings. The molecule has 0 unspecified atom stereocenters. The molecule has 3 N–H and O–H groups in total. The van der Waals surface area contributed by atoms with Crippen LogP contribution >= 0.6 is 0 Å². The number of esters is 1. The third-order valence-electron chi connectivity index (χ3n) is 1.95. The molecule has 0 radical (unpaired) electrons. The number of hydrogen-bond acceptors (Lipinski definition) is 5. The van der Waals surface area contributed by atoms with Crippen molar-refractivity contribution >= 4 is 11.9 Å². The van der Waals surface area contributed by atoms with Gasteiger partial charge in [-0.2, -0.15) is 0 Å². The predicted octanol–water partition coefficient (Wildman–Crippen LogP) is -0.969. The predicted molar refractivity (Wildman–Crippen MR) is 61.9 cm³/mol. The third-order valence-corrected chi connectivity index (χ3v) is 1.95. The Morgan fingerprint density at radius 3 is 2.59 bits per heavy atom. The molecular weight excluding hydrogens is 224 g/mol. The van der Waals surface area contributed by atoms with Crippen LogP contribution in [-0.4, -0.2) is 43.8 Å². The monoisotopic (exact) mass is 242 g/mol. The maximum absolute atomic E-state index is 11.6. The normalized spacial score (nSPS) is 12.4. The first-order chi connectivity index (χ1) is 7.85. The molecular formula is C11H18N2O4. The largest absolute Gasteiger partial charge is 0.467 e. The van der Waals surface area contributed by atoms with E-state index in [9.17, 15) is 9.59 Å². The van der Waals surface area contributed by atoms with Crippen LogP contribution in [0.5, 0.6) is 0 Å². The highest BCUT2D eigenvalue weighted by Crippen LogP contribution is 2.04. The Balaban J connectivity index is 4.25. The highest BCUT2D eigenvalue weighted by atomic mass is 16.5. The van der Waals surface area contributed by atoms with Crippen molar-refractivity contribution in [3.8, 4) is 12.3 Å². The van der Waals surface area contributed by atoms with E-state index in [2.05, 4.69) is 16.0 Å². The first-order valence-corrected chi connectivity index (χ1v) is 5.02. The molecule has 96 valence electrons. The number of terminal acetylenes is 1. The molecule has 0 aliphatic carbocycles. The van der Waals surface area contributed by atoms with E-state index in [0.717, 1.165) is 0 Å². The maximum atomic E-state index is 11.6. The molecule has 0 bridgehead atoms. The summed E-state index contributed by atoms with van der Waals surface area (Å²) in [6.07, 6.45) is 4.97. The van der Waals surface area contributed by atoms with Crippen molar-refractivity contribution in [2.24, 2.45) is 5.73 Å². The molecule has 6 heteroatoms. The van der Waals surface area contributed by atoms with Crippen molar-refractivity contribution < 1.29 is 19.1 Å². The lowest BCUT2D eigenvalue weighted by Crippen LogP contribution is -2.56. The van der Waals surface area contributed by atoms with Gasteiger partial charge in [0.25, 0.3) is 0 Å². The zero-order valence-electron chi connectivity index (χ0n) is 10.3. The molecule has 0 aliphatic rings. The number of rotatable bonds is 6. The first kappa shape index (κ1) is 15.4. The number of nitrogens with one attached hydrogen (secondary N) is 1. The lowest BCUT2D eigenvalue weighted by molar-refractivity contribution is -0.149. The summed E-state index contributed by atoms with van der Waals surface area (Å²) in [5, 5.41) is 2.46. The Hall–Kier alpha value is -1.58. The first-order valence-electron chi connectivity index (χ1n) is 5.02. The molecule has 0 aromatic carbocycles. The van der Waals surface area contributed by atoms with Crippen molar-refractivity contribution in [2.45, 2.75) is 25.4 Å². The SMILES string of the molecule is C#CCOC[C@H](N)C(=O)NC(C)(C)C(=O)OC. The van der Waals surface area contributed by atoms with Crippen molar-refractivity contribution in [3.05, 3.63) is 0 Å². The maximum Gasteiger partial charge on any atom is 0.330 e. The number of carbonyl (C=O) groups excluding carboxylic acids is 2. The summed E-state index contributed by atoms with van der Waals surface area (Å²) in [5.41, 5.74) is 4.42. The molecule has 0 saturated heterocycles. The van der Waals surface area contributed by atoms with Crippen LogP contribution in [0, 0.1) is 12.3 Å². The van der Waals surface area contributed by atoms with Gasteiger partial charge in [0.1, 0.15) is 18.2 Å². The summed E-state index contributed by atoms with van der Waals surface area (Å²) in [4.78, 5) is 22.9. The summed E-state index contributed by atoms with van der Waals surface area (Å²) >= 11 is 0. The third kappa shape index (κ3) is 5.33. The van der Waals surface area contributed by atoms with Crippen LogP contribution in [-0.2, 0) is 19.1 Å². The Kier molecular flexibility index (Phi) is 6.25. The van der Waals surface area contributed by atoms with Gasteiger partial charge in [-0.05, 0) is 13.8 Å². The quantitative estimate of drug-likeness (QED) is 0.355. The van der Waals surface area contributed by atoms with E-state index in [1.54, 1.807) is 0 Å². The van der Waals surface area contributed by atoms with Crippen molar-refractivity contribution in [2.75, 3.05) is 20.3 Å². The standard InChI is InChI=1S/C11H18N2O4/c1-5-6-17-7-8(12)9(14)13-11(2,3)10(15)16-4/h1,8H,6-7,12H2,2-4H3,(H,13,14)/t8-/m0/s1. The van der Waals surface area contributed by atoms with Crippen LogP contribution in [0.25, 0.3) is 0 Å². The van der Waals surface area contributed by atoms with Crippen LogP contribution < -0.4 is 11.1 Å². The number of nitrogens with two attached hydrogens (primary N) is 1. The van der Waals surface area contributed by atoms with Gasteiger partial charge in [-0.3, -0.25) is 4.79 Å². The molecule has 0 aliphatic heterocycles. The molecule has 1 amide bonds. The van der Waals surface area contributed by atoms with Crippen molar-refractivity contribution in [1.82, 2.24) is 5.32 Å². The van der Waals surface area contributed by atoms with E-state index in [4.69, 9.17) is 16.9 Å². The number of ether oxygens (including phenoxy) is 2. The Morgan fingerprint density at radius 1 is 1.53 bits per heavy atom. The van der Waals surface area contributed by atoms with Gasteiger partial charge >= 0.3 is 5.97 Å². The average Bonchev–Trinajstić information content (AvgIpc) is 2.27. The smallest absolute Gasteiger partial charge is 0.330 e. The van der Waals surface area contributed by atoms with Crippen molar-refractivity contribution in [1.29, 1.82) is 0 Å². The molecule has 17 heavy (non-hydrogen) atoms. The molecule has 1 atom stereocenters. The van der Waals surface area contributed by atoms with Gasteiger partial charge in [0.15, 0.2) is 0 Å². The highest BCUT2D eigenvalue weighted by molar-refractivity contribution is 5.89. The van der Waals surface area contributed by atoms with Crippen LogP contribution in [0.1, 0.15) is 13.8 Å². The number of hydrogen-bond donors (Lipinski definition) is 2.